The fourth-order valence-corrected chi connectivity index (χ4v) is 2.58. The molecule has 0 unspecified atom stereocenters. The SMILES string of the molecule is Cc1cc(O)c([C@@H](CC(=O)O)c2ccnn2C(C)C)c(=O)[nH]1. The zero-order chi connectivity index (χ0) is 16.4. The van der Waals surface area contributed by atoms with Gasteiger partial charge in [0.05, 0.1) is 12.0 Å². The molecular weight excluding hydrogens is 286 g/mol. The van der Waals surface area contributed by atoms with Crippen molar-refractivity contribution >= 4 is 5.97 Å². The lowest BCUT2D eigenvalue weighted by atomic mass is 9.92. The number of carboxylic acid groups (broad SMARTS) is 1. The highest BCUT2D eigenvalue weighted by Gasteiger charge is 2.27. The number of aliphatic carboxylic acids is 1. The Kier molecular flexibility index (Phi) is 4.35. The zero-order valence-electron chi connectivity index (χ0n) is 12.7. The number of nitrogens with zero attached hydrogens (tertiary/aromatic N) is 2. The van der Waals surface area contributed by atoms with Crippen molar-refractivity contribution in [1.29, 1.82) is 0 Å². The summed E-state index contributed by atoms with van der Waals surface area (Å²) in [6, 6.07) is 3.10. The second kappa shape index (κ2) is 6.05. The lowest BCUT2D eigenvalue weighted by molar-refractivity contribution is -0.137. The van der Waals surface area contributed by atoms with Crippen molar-refractivity contribution in [2.24, 2.45) is 0 Å². The van der Waals surface area contributed by atoms with Crippen molar-refractivity contribution in [3.05, 3.63) is 45.6 Å². The van der Waals surface area contributed by atoms with Crippen molar-refractivity contribution in [3.8, 4) is 5.75 Å². The summed E-state index contributed by atoms with van der Waals surface area (Å²) in [7, 11) is 0. The molecule has 0 saturated heterocycles. The van der Waals surface area contributed by atoms with Crippen molar-refractivity contribution in [2.45, 2.75) is 39.2 Å². The van der Waals surface area contributed by atoms with E-state index in [-0.39, 0.29) is 23.8 Å². The van der Waals surface area contributed by atoms with Crippen LogP contribution >= 0.6 is 0 Å². The van der Waals surface area contributed by atoms with Crippen molar-refractivity contribution in [2.75, 3.05) is 0 Å². The predicted octanol–water partition coefficient (Wildman–Crippen LogP) is 1.77. The van der Waals surface area contributed by atoms with Crippen LogP contribution in [0, 0.1) is 6.92 Å². The van der Waals surface area contributed by atoms with Crippen LogP contribution in [0.4, 0.5) is 0 Å². The molecule has 2 rings (SSSR count). The van der Waals surface area contributed by atoms with E-state index in [0.717, 1.165) is 0 Å². The minimum Gasteiger partial charge on any atom is -0.507 e. The van der Waals surface area contributed by atoms with Gasteiger partial charge in [-0.15, -0.1) is 0 Å². The summed E-state index contributed by atoms with van der Waals surface area (Å²) in [6.45, 7) is 5.47. The minimum atomic E-state index is -1.05. The Morgan fingerprint density at radius 3 is 2.68 bits per heavy atom. The van der Waals surface area contributed by atoms with Gasteiger partial charge in [-0.2, -0.15) is 5.10 Å². The molecule has 2 aromatic heterocycles. The predicted molar refractivity (Wildman–Crippen MR) is 80.2 cm³/mol. The second-order valence-corrected chi connectivity index (χ2v) is 5.53. The van der Waals surface area contributed by atoms with Crippen LogP contribution in [0.15, 0.2) is 23.1 Å². The normalized spacial score (nSPS) is 12.5. The summed E-state index contributed by atoms with van der Waals surface area (Å²) in [5.74, 6) is -2.03. The van der Waals surface area contributed by atoms with Gasteiger partial charge in [0.25, 0.3) is 5.56 Å². The molecule has 0 bridgehead atoms. The number of carboxylic acids is 1. The first-order chi connectivity index (χ1) is 10.3. The van der Waals surface area contributed by atoms with Crippen LogP contribution in [0.1, 0.15) is 49.2 Å². The highest BCUT2D eigenvalue weighted by Crippen LogP contribution is 2.32. The fraction of sp³-hybridized carbons (Fsp3) is 0.400. The summed E-state index contributed by atoms with van der Waals surface area (Å²) in [4.78, 5) is 26.1. The van der Waals surface area contributed by atoms with Crippen LogP contribution in [0.25, 0.3) is 0 Å². The molecule has 0 aromatic carbocycles. The number of hydrogen-bond acceptors (Lipinski definition) is 4. The largest absolute Gasteiger partial charge is 0.507 e. The number of nitrogens with one attached hydrogen (secondary N) is 1. The quantitative estimate of drug-likeness (QED) is 0.780. The van der Waals surface area contributed by atoms with E-state index in [1.165, 1.54) is 6.07 Å². The van der Waals surface area contributed by atoms with E-state index in [9.17, 15) is 19.8 Å². The van der Waals surface area contributed by atoms with E-state index < -0.39 is 17.4 Å². The third-order valence-corrected chi connectivity index (χ3v) is 3.46. The summed E-state index contributed by atoms with van der Waals surface area (Å²) in [5.41, 5.74) is 0.662. The Balaban J connectivity index is 2.64. The Hall–Kier alpha value is -2.57. The first-order valence-corrected chi connectivity index (χ1v) is 6.99. The number of H-pyrrole nitrogens is 1. The molecule has 2 aromatic rings. The molecule has 0 aliphatic rings. The smallest absolute Gasteiger partial charge is 0.304 e. The van der Waals surface area contributed by atoms with Gasteiger partial charge >= 0.3 is 5.97 Å². The van der Waals surface area contributed by atoms with Gasteiger partial charge in [-0.3, -0.25) is 14.3 Å². The van der Waals surface area contributed by atoms with Gasteiger partial charge in [0.2, 0.25) is 0 Å². The molecular formula is C15H19N3O4. The molecule has 0 aliphatic heterocycles. The van der Waals surface area contributed by atoms with E-state index >= 15 is 0 Å². The average Bonchev–Trinajstić information content (AvgIpc) is 2.84. The molecule has 0 aliphatic carbocycles. The molecule has 0 radical (unpaired) electrons. The topological polar surface area (TPSA) is 108 Å². The number of aromatic hydroxyl groups is 1. The number of carbonyl (C=O) groups is 1. The summed E-state index contributed by atoms with van der Waals surface area (Å²) in [6.07, 6.45) is 1.25. The van der Waals surface area contributed by atoms with Gasteiger partial charge < -0.3 is 15.2 Å². The molecule has 7 heteroatoms. The van der Waals surface area contributed by atoms with Gasteiger partial charge in [0.15, 0.2) is 0 Å². The Morgan fingerprint density at radius 2 is 2.14 bits per heavy atom. The number of pyridine rings is 1. The average molecular weight is 305 g/mol. The number of aryl methyl sites for hydroxylation is 1. The van der Waals surface area contributed by atoms with E-state index in [1.54, 1.807) is 23.9 Å². The van der Waals surface area contributed by atoms with Crippen LogP contribution in [-0.2, 0) is 4.79 Å². The van der Waals surface area contributed by atoms with E-state index in [4.69, 9.17) is 0 Å². The Morgan fingerprint density at radius 1 is 1.45 bits per heavy atom. The first kappa shape index (κ1) is 15.8. The molecule has 0 fully saturated rings. The second-order valence-electron chi connectivity index (χ2n) is 5.53. The van der Waals surface area contributed by atoms with Crippen LogP contribution in [0.5, 0.6) is 5.75 Å². The highest BCUT2D eigenvalue weighted by atomic mass is 16.4. The molecule has 0 saturated carbocycles. The number of aromatic amines is 1. The minimum absolute atomic E-state index is 0.00738. The van der Waals surface area contributed by atoms with E-state index in [1.807, 2.05) is 13.8 Å². The monoisotopic (exact) mass is 305 g/mol. The van der Waals surface area contributed by atoms with Crippen LogP contribution < -0.4 is 5.56 Å². The molecule has 7 nitrogen and oxygen atoms in total. The number of rotatable bonds is 5. The van der Waals surface area contributed by atoms with Gasteiger partial charge in [0.1, 0.15) is 5.75 Å². The number of hydrogen-bond donors (Lipinski definition) is 3. The van der Waals surface area contributed by atoms with E-state index in [2.05, 4.69) is 10.1 Å². The third-order valence-electron chi connectivity index (χ3n) is 3.46. The summed E-state index contributed by atoms with van der Waals surface area (Å²) in [5, 5.41) is 23.5. The molecule has 0 amide bonds. The van der Waals surface area contributed by atoms with Crippen LogP contribution in [0.3, 0.4) is 0 Å². The van der Waals surface area contributed by atoms with Crippen LogP contribution in [0.2, 0.25) is 0 Å². The van der Waals surface area contributed by atoms with Gasteiger partial charge in [-0.05, 0) is 32.9 Å². The van der Waals surface area contributed by atoms with Crippen molar-refractivity contribution in [3.63, 3.8) is 0 Å². The lowest BCUT2D eigenvalue weighted by Crippen LogP contribution is -2.23. The lowest BCUT2D eigenvalue weighted by Gasteiger charge is -2.19. The highest BCUT2D eigenvalue weighted by molar-refractivity contribution is 5.69. The Bertz CT molecular complexity index is 745. The molecule has 118 valence electrons. The third kappa shape index (κ3) is 3.03. The zero-order valence-corrected chi connectivity index (χ0v) is 12.7. The molecule has 22 heavy (non-hydrogen) atoms. The van der Waals surface area contributed by atoms with Crippen molar-refractivity contribution in [1.82, 2.24) is 14.8 Å². The van der Waals surface area contributed by atoms with Gasteiger partial charge in [-0.1, -0.05) is 0 Å². The maximum Gasteiger partial charge on any atom is 0.304 e. The molecule has 0 spiro atoms. The molecule has 2 heterocycles. The molecule has 3 N–H and O–H groups in total. The van der Waals surface area contributed by atoms with Crippen molar-refractivity contribution < 1.29 is 15.0 Å². The maximum atomic E-state index is 12.2. The summed E-state index contributed by atoms with van der Waals surface area (Å²) >= 11 is 0. The van der Waals surface area contributed by atoms with E-state index in [0.29, 0.717) is 11.4 Å². The summed E-state index contributed by atoms with van der Waals surface area (Å²) < 4.78 is 1.66. The first-order valence-electron chi connectivity index (χ1n) is 6.99. The van der Waals surface area contributed by atoms with Gasteiger partial charge in [-0.25, -0.2) is 0 Å². The number of aromatic nitrogens is 3. The molecule has 1 atom stereocenters. The fourth-order valence-electron chi connectivity index (χ4n) is 2.58. The van der Waals surface area contributed by atoms with Crippen LogP contribution in [-0.4, -0.2) is 30.9 Å². The van der Waals surface area contributed by atoms with Gasteiger partial charge in [0, 0.05) is 29.5 Å². The maximum absolute atomic E-state index is 12.2. The standard InChI is InChI=1S/C15H19N3O4/c1-8(2)18-11(4-5-16-18)10(7-13(20)21)14-12(19)6-9(3)17-15(14)22/h4-6,8,10H,7H2,1-3H3,(H,20,21)(H2,17,19,22)/t10-/m0/s1. The Labute approximate surface area is 127 Å².